The molecule has 3 N–H and O–H groups in total. The molecule has 3 nitrogen and oxygen atoms in total. The van der Waals surface area contributed by atoms with Gasteiger partial charge in [-0.1, -0.05) is 6.58 Å². The Morgan fingerprint density at radius 3 is 2.43 bits per heavy atom. The maximum atomic E-state index is 9.74. The predicted octanol–water partition coefficient (Wildman–Crippen LogP) is -0.750. The zero-order chi connectivity index (χ0) is 5.91. The molecule has 0 fully saturated rings. The molecule has 0 aromatic carbocycles. The van der Waals surface area contributed by atoms with Crippen LogP contribution >= 0.6 is 0 Å². The normalized spacial score (nSPS) is 18.1. The molecule has 0 bridgehead atoms. The van der Waals surface area contributed by atoms with Crippen LogP contribution in [0.3, 0.4) is 0 Å². The molecule has 3 heteroatoms. The van der Waals surface area contributed by atoms with E-state index in [9.17, 15) is 5.11 Å². The highest BCUT2D eigenvalue weighted by Gasteiger charge is 2.13. The van der Waals surface area contributed by atoms with E-state index in [1.165, 1.54) is 0 Å². The van der Waals surface area contributed by atoms with Gasteiger partial charge in [-0.25, -0.2) is 5.11 Å². The molecule has 0 aliphatic carbocycles. The maximum absolute atomic E-state index is 9.74. The largest absolute Gasteiger partial charge is 0.370 e. The van der Waals surface area contributed by atoms with Crippen molar-refractivity contribution in [2.45, 2.75) is 5.72 Å². The van der Waals surface area contributed by atoms with Crippen molar-refractivity contribution in [2.24, 2.45) is 5.73 Å². The summed E-state index contributed by atoms with van der Waals surface area (Å²) in [5.41, 5.74) is 3.13. The second kappa shape index (κ2) is 2.07. The van der Waals surface area contributed by atoms with E-state index in [0.717, 1.165) is 6.08 Å². The Bertz CT molecular complexity index is 70.1. The second-order valence-corrected chi connectivity index (χ2v) is 1.34. The molecule has 0 aromatic rings. The van der Waals surface area contributed by atoms with Gasteiger partial charge in [0.1, 0.15) is 6.61 Å². The fourth-order valence-corrected chi connectivity index (χ4v) is 0.0589. The molecule has 1 radical (unpaired) electrons. The number of hydrogen-bond donors (Lipinski definition) is 2. The van der Waals surface area contributed by atoms with Gasteiger partial charge in [0.05, 0.1) is 0 Å². The molecule has 0 heterocycles. The van der Waals surface area contributed by atoms with Gasteiger partial charge < -0.3 is 5.11 Å². The van der Waals surface area contributed by atoms with Crippen LogP contribution in [-0.4, -0.2) is 17.4 Å². The summed E-state index contributed by atoms with van der Waals surface area (Å²) in [6.07, 6.45) is 1.01. The van der Waals surface area contributed by atoms with Gasteiger partial charge in [-0.05, 0) is 6.08 Å². The third kappa shape index (κ3) is 2.33. The fourth-order valence-electron chi connectivity index (χ4n) is 0.0589. The zero-order valence-electron chi connectivity index (χ0n) is 3.92. The van der Waals surface area contributed by atoms with Crippen molar-refractivity contribution in [3.63, 3.8) is 0 Å². The van der Waals surface area contributed by atoms with Crippen LogP contribution in [0.1, 0.15) is 0 Å². The molecular weight excluding hydrogens is 94.0 g/mol. The number of nitrogens with two attached hydrogens (primary N) is 1. The minimum absolute atomic E-state index is 0.740. The monoisotopic (exact) mass is 102 g/mol. The minimum atomic E-state index is -1.71. The van der Waals surface area contributed by atoms with Crippen LogP contribution in [0.15, 0.2) is 12.7 Å². The number of hydrogen-bond acceptors (Lipinski definition) is 2. The molecule has 0 amide bonds. The second-order valence-electron chi connectivity index (χ2n) is 1.34. The van der Waals surface area contributed by atoms with Crippen LogP contribution in [0, 0.1) is 0 Å². The quantitative estimate of drug-likeness (QED) is 0.356. The van der Waals surface area contributed by atoms with Crippen molar-refractivity contribution < 1.29 is 10.2 Å². The van der Waals surface area contributed by atoms with Crippen molar-refractivity contribution in [2.75, 3.05) is 6.61 Å². The molecule has 7 heavy (non-hydrogen) atoms. The predicted molar refractivity (Wildman–Crippen MR) is 24.9 cm³/mol. The summed E-state index contributed by atoms with van der Waals surface area (Å²) in [5, 5.41) is 18.2. The van der Waals surface area contributed by atoms with Gasteiger partial charge in [-0.15, -0.1) is 0 Å². The molecule has 0 rings (SSSR count). The average molecular weight is 102 g/mol. The Kier molecular flexibility index (Phi) is 1.95. The van der Waals surface area contributed by atoms with E-state index in [4.69, 9.17) is 10.8 Å². The van der Waals surface area contributed by atoms with E-state index in [2.05, 4.69) is 6.58 Å². The van der Waals surface area contributed by atoms with E-state index in [1.54, 1.807) is 0 Å². The van der Waals surface area contributed by atoms with E-state index in [0.29, 0.717) is 0 Å². The molecule has 41 valence electrons. The van der Waals surface area contributed by atoms with Gasteiger partial charge in [-0.3, -0.25) is 5.73 Å². The average Bonchev–Trinajstić information content (AvgIpc) is 1.68. The van der Waals surface area contributed by atoms with E-state index in [1.807, 2.05) is 0 Å². The topological polar surface area (TPSA) is 66.2 Å². The van der Waals surface area contributed by atoms with Gasteiger partial charge in [-0.2, -0.15) is 0 Å². The fraction of sp³-hybridized carbons (Fsp3) is 0.500. The lowest BCUT2D eigenvalue weighted by molar-refractivity contribution is 0.00212. The summed E-state index contributed by atoms with van der Waals surface area (Å²) in [6, 6.07) is 0. The van der Waals surface area contributed by atoms with Gasteiger partial charge in [0.15, 0.2) is 5.72 Å². The van der Waals surface area contributed by atoms with E-state index < -0.39 is 12.3 Å². The van der Waals surface area contributed by atoms with Crippen molar-refractivity contribution in [1.82, 2.24) is 0 Å². The van der Waals surface area contributed by atoms with Gasteiger partial charge in [0.2, 0.25) is 0 Å². The molecule has 0 saturated heterocycles. The third-order valence-electron chi connectivity index (χ3n) is 0.585. The molecular formula is C4H8NO2. The summed E-state index contributed by atoms with van der Waals surface area (Å²) in [7, 11) is 0. The molecule has 0 aliphatic rings. The Labute approximate surface area is 42.1 Å². The summed E-state index contributed by atoms with van der Waals surface area (Å²) in [5.74, 6) is 0. The first-order valence-electron chi connectivity index (χ1n) is 1.85. The van der Waals surface area contributed by atoms with Crippen LogP contribution in [-0.2, 0) is 5.11 Å². The van der Waals surface area contributed by atoms with Gasteiger partial charge in [0, 0.05) is 0 Å². The van der Waals surface area contributed by atoms with Crippen LogP contribution in [0.25, 0.3) is 0 Å². The lowest BCUT2D eigenvalue weighted by Gasteiger charge is -2.11. The Hall–Kier alpha value is -0.380. The van der Waals surface area contributed by atoms with Gasteiger partial charge >= 0.3 is 0 Å². The van der Waals surface area contributed by atoms with Crippen LogP contribution in [0.2, 0.25) is 0 Å². The Balaban J connectivity index is 3.58. The first-order chi connectivity index (χ1) is 3.12. The molecule has 1 unspecified atom stereocenters. The zero-order valence-corrected chi connectivity index (χ0v) is 3.92. The van der Waals surface area contributed by atoms with Crippen LogP contribution < -0.4 is 5.73 Å². The summed E-state index contributed by atoms with van der Waals surface area (Å²) in [6.45, 7) is 2.39. The van der Waals surface area contributed by atoms with Crippen molar-refractivity contribution in [3.05, 3.63) is 12.7 Å². The molecule has 1 atom stereocenters. The Morgan fingerprint density at radius 1 is 2.00 bits per heavy atom. The minimum Gasteiger partial charge on any atom is -0.370 e. The number of rotatable bonds is 2. The Morgan fingerprint density at radius 2 is 2.43 bits per heavy atom. The summed E-state index contributed by atoms with van der Waals surface area (Å²) in [4.78, 5) is 0. The highest BCUT2D eigenvalue weighted by atomic mass is 16.3. The van der Waals surface area contributed by atoms with Crippen molar-refractivity contribution >= 4 is 0 Å². The van der Waals surface area contributed by atoms with Gasteiger partial charge in [0.25, 0.3) is 0 Å². The highest BCUT2D eigenvalue weighted by Crippen LogP contribution is 1.90. The lowest BCUT2D eigenvalue weighted by Crippen LogP contribution is -2.40. The summed E-state index contributed by atoms with van der Waals surface area (Å²) >= 11 is 0. The first-order valence-corrected chi connectivity index (χ1v) is 1.85. The SMILES string of the molecule is C=CC(N)(O)C[O]. The number of aliphatic hydroxyl groups is 1. The smallest absolute Gasteiger partial charge is 0.159 e. The maximum Gasteiger partial charge on any atom is 0.159 e. The van der Waals surface area contributed by atoms with Crippen molar-refractivity contribution in [1.29, 1.82) is 0 Å². The molecule has 0 saturated carbocycles. The van der Waals surface area contributed by atoms with E-state index >= 15 is 0 Å². The van der Waals surface area contributed by atoms with E-state index in [-0.39, 0.29) is 0 Å². The third-order valence-corrected chi connectivity index (χ3v) is 0.585. The lowest BCUT2D eigenvalue weighted by atomic mass is 10.3. The van der Waals surface area contributed by atoms with Crippen LogP contribution in [0.4, 0.5) is 0 Å². The molecule has 0 aliphatic heterocycles. The molecule has 0 aromatic heterocycles. The van der Waals surface area contributed by atoms with Crippen LogP contribution in [0.5, 0.6) is 0 Å². The first kappa shape index (κ1) is 6.62. The highest BCUT2D eigenvalue weighted by molar-refractivity contribution is 4.89. The summed E-state index contributed by atoms with van der Waals surface area (Å²) < 4.78 is 0. The molecule has 0 spiro atoms. The standard InChI is InChI=1S/C4H8NO2/c1-2-4(5,7)3-6/h2,7H,1,3,5H2. The van der Waals surface area contributed by atoms with Crippen molar-refractivity contribution in [3.8, 4) is 0 Å².